The highest BCUT2D eigenvalue weighted by molar-refractivity contribution is 9.10. The summed E-state index contributed by atoms with van der Waals surface area (Å²) < 4.78 is 2.94. The number of nitrogens with zero attached hydrogens (tertiary/aromatic N) is 4. The molecule has 0 aliphatic carbocycles. The van der Waals surface area contributed by atoms with Gasteiger partial charge < -0.3 is 5.32 Å². The van der Waals surface area contributed by atoms with E-state index in [2.05, 4.69) is 62.8 Å². The minimum Gasteiger partial charge on any atom is -0.310 e. The Hall–Kier alpha value is -1.27. The van der Waals surface area contributed by atoms with Crippen molar-refractivity contribution >= 4 is 15.9 Å². The van der Waals surface area contributed by atoms with Crippen LogP contribution in [-0.2, 0) is 6.54 Å². The number of nitrogens with one attached hydrogen (secondary N) is 1. The van der Waals surface area contributed by atoms with Gasteiger partial charge in [0.2, 0.25) is 0 Å². The number of benzene rings is 1. The molecule has 1 atom stereocenters. The van der Waals surface area contributed by atoms with Gasteiger partial charge in [0.05, 0.1) is 12.6 Å². The summed E-state index contributed by atoms with van der Waals surface area (Å²) in [7, 11) is 0. The van der Waals surface area contributed by atoms with Gasteiger partial charge in [0.25, 0.3) is 0 Å². The Bertz CT molecular complexity index is 508. The van der Waals surface area contributed by atoms with E-state index in [0.717, 1.165) is 23.3 Å². The molecule has 0 bridgehead atoms. The summed E-state index contributed by atoms with van der Waals surface area (Å²) in [6.07, 6.45) is 1.10. The lowest BCUT2D eigenvalue weighted by Gasteiger charge is -2.14. The van der Waals surface area contributed by atoms with E-state index in [1.54, 1.807) is 0 Å². The molecule has 0 fully saturated rings. The van der Waals surface area contributed by atoms with Crippen LogP contribution in [0.3, 0.4) is 0 Å². The normalized spacial score (nSPS) is 12.6. The molecule has 1 heterocycles. The van der Waals surface area contributed by atoms with Crippen LogP contribution in [0, 0.1) is 0 Å². The highest BCUT2D eigenvalue weighted by Crippen LogP contribution is 2.20. The topological polar surface area (TPSA) is 55.6 Å². The van der Waals surface area contributed by atoms with E-state index in [4.69, 9.17) is 0 Å². The van der Waals surface area contributed by atoms with E-state index in [1.807, 2.05) is 16.8 Å². The number of hydrogen-bond donors (Lipinski definition) is 1. The third-order valence-corrected chi connectivity index (χ3v) is 3.52. The zero-order valence-electron chi connectivity index (χ0n) is 11.2. The molecule has 1 N–H and O–H groups in total. The lowest BCUT2D eigenvalue weighted by Crippen LogP contribution is -2.20. The maximum Gasteiger partial charge on any atom is 0.165 e. The Morgan fingerprint density at radius 1 is 1.32 bits per heavy atom. The second-order valence-electron chi connectivity index (χ2n) is 4.44. The number of rotatable bonds is 6. The molecule has 0 saturated carbocycles. The van der Waals surface area contributed by atoms with Crippen molar-refractivity contribution in [1.29, 1.82) is 0 Å². The van der Waals surface area contributed by atoms with Crippen molar-refractivity contribution in [3.63, 3.8) is 0 Å². The van der Waals surface area contributed by atoms with Gasteiger partial charge in [0, 0.05) is 4.47 Å². The van der Waals surface area contributed by atoms with Gasteiger partial charge in [-0.25, -0.2) is 4.68 Å². The zero-order valence-corrected chi connectivity index (χ0v) is 12.8. The molecule has 2 rings (SSSR count). The van der Waals surface area contributed by atoms with Crippen molar-refractivity contribution in [3.8, 4) is 0 Å². The van der Waals surface area contributed by atoms with E-state index < -0.39 is 0 Å². The highest BCUT2D eigenvalue weighted by atomic mass is 79.9. The van der Waals surface area contributed by atoms with Crippen molar-refractivity contribution in [2.75, 3.05) is 6.54 Å². The highest BCUT2D eigenvalue weighted by Gasteiger charge is 2.14. The molecule has 0 radical (unpaired) electrons. The molecule has 102 valence electrons. The fraction of sp³-hybridized carbons (Fsp3) is 0.462. The van der Waals surface area contributed by atoms with Gasteiger partial charge in [-0.1, -0.05) is 35.0 Å². The van der Waals surface area contributed by atoms with Crippen LogP contribution in [0.2, 0.25) is 0 Å². The summed E-state index contributed by atoms with van der Waals surface area (Å²) in [6.45, 7) is 5.91. The van der Waals surface area contributed by atoms with Gasteiger partial charge >= 0.3 is 0 Å². The van der Waals surface area contributed by atoms with E-state index in [9.17, 15) is 0 Å². The molecule has 0 saturated heterocycles. The lowest BCUT2D eigenvalue weighted by molar-refractivity contribution is 0.505. The first-order chi connectivity index (χ1) is 9.22. The fourth-order valence-corrected chi connectivity index (χ4v) is 2.15. The second kappa shape index (κ2) is 6.77. The summed E-state index contributed by atoms with van der Waals surface area (Å²) in [5.41, 5.74) is 1.19. The van der Waals surface area contributed by atoms with Crippen LogP contribution >= 0.6 is 15.9 Å². The van der Waals surface area contributed by atoms with Gasteiger partial charge in [0.1, 0.15) is 0 Å². The average Bonchev–Trinajstić information content (AvgIpc) is 2.87. The lowest BCUT2D eigenvalue weighted by atomic mass is 10.1. The SMILES string of the molecule is CCCNCc1nnnn1C(C)c1ccc(Br)cc1. The van der Waals surface area contributed by atoms with Gasteiger partial charge in [-0.2, -0.15) is 0 Å². The van der Waals surface area contributed by atoms with Crippen molar-refractivity contribution in [2.24, 2.45) is 0 Å². The van der Waals surface area contributed by atoms with Crippen LogP contribution < -0.4 is 5.32 Å². The zero-order chi connectivity index (χ0) is 13.7. The molecule has 19 heavy (non-hydrogen) atoms. The summed E-state index contributed by atoms with van der Waals surface area (Å²) in [4.78, 5) is 0. The molecular formula is C13H18BrN5. The largest absolute Gasteiger partial charge is 0.310 e. The first kappa shape index (κ1) is 14.1. The predicted molar refractivity (Wildman–Crippen MR) is 77.8 cm³/mol. The van der Waals surface area contributed by atoms with Crippen LogP contribution in [0.15, 0.2) is 28.7 Å². The summed E-state index contributed by atoms with van der Waals surface area (Å²) in [5.74, 6) is 0.865. The summed E-state index contributed by atoms with van der Waals surface area (Å²) >= 11 is 3.44. The first-order valence-electron chi connectivity index (χ1n) is 6.45. The number of aromatic nitrogens is 4. The molecule has 0 amide bonds. The van der Waals surface area contributed by atoms with Gasteiger partial charge in [-0.15, -0.1) is 5.10 Å². The molecule has 1 aromatic carbocycles. The molecule has 0 spiro atoms. The van der Waals surface area contributed by atoms with E-state index in [0.29, 0.717) is 6.54 Å². The van der Waals surface area contributed by atoms with Gasteiger partial charge in [-0.05, 0) is 48.0 Å². The molecule has 5 nitrogen and oxygen atoms in total. The number of hydrogen-bond acceptors (Lipinski definition) is 4. The number of tetrazole rings is 1. The summed E-state index contributed by atoms with van der Waals surface area (Å²) in [5, 5.41) is 15.3. The van der Waals surface area contributed by atoms with Crippen molar-refractivity contribution in [1.82, 2.24) is 25.5 Å². The molecule has 0 aliphatic heterocycles. The smallest absolute Gasteiger partial charge is 0.165 e. The monoisotopic (exact) mass is 323 g/mol. The van der Waals surface area contributed by atoms with Crippen LogP contribution in [-0.4, -0.2) is 26.8 Å². The average molecular weight is 324 g/mol. The number of halogens is 1. The molecular weight excluding hydrogens is 306 g/mol. The van der Waals surface area contributed by atoms with E-state index in [-0.39, 0.29) is 6.04 Å². The minimum atomic E-state index is 0.126. The van der Waals surface area contributed by atoms with Crippen LogP contribution in [0.4, 0.5) is 0 Å². The maximum atomic E-state index is 4.10. The fourth-order valence-electron chi connectivity index (χ4n) is 1.89. The van der Waals surface area contributed by atoms with Crippen molar-refractivity contribution < 1.29 is 0 Å². The quantitative estimate of drug-likeness (QED) is 0.830. The molecule has 2 aromatic rings. The second-order valence-corrected chi connectivity index (χ2v) is 5.36. The molecule has 0 aliphatic rings. The van der Waals surface area contributed by atoms with Crippen LogP contribution in [0.5, 0.6) is 0 Å². The van der Waals surface area contributed by atoms with E-state index >= 15 is 0 Å². The van der Waals surface area contributed by atoms with Crippen LogP contribution in [0.1, 0.15) is 37.7 Å². The summed E-state index contributed by atoms with van der Waals surface area (Å²) in [6, 6.07) is 8.36. The predicted octanol–water partition coefficient (Wildman–Crippen LogP) is 2.54. The molecule has 6 heteroatoms. The van der Waals surface area contributed by atoms with Gasteiger partial charge in [0.15, 0.2) is 5.82 Å². The molecule has 1 aromatic heterocycles. The van der Waals surface area contributed by atoms with Crippen LogP contribution in [0.25, 0.3) is 0 Å². The first-order valence-corrected chi connectivity index (χ1v) is 7.24. The Morgan fingerprint density at radius 2 is 2.05 bits per heavy atom. The molecule has 1 unspecified atom stereocenters. The van der Waals surface area contributed by atoms with E-state index in [1.165, 1.54) is 5.56 Å². The maximum absolute atomic E-state index is 4.10. The Balaban J connectivity index is 2.12. The van der Waals surface area contributed by atoms with Gasteiger partial charge in [-0.3, -0.25) is 0 Å². The minimum absolute atomic E-state index is 0.126. The Kier molecular flexibility index (Phi) is 5.04. The Morgan fingerprint density at radius 3 is 2.74 bits per heavy atom. The van der Waals surface area contributed by atoms with Crippen molar-refractivity contribution in [2.45, 2.75) is 32.9 Å². The standard InChI is InChI=1S/C13H18BrN5/c1-3-8-15-9-13-16-17-18-19(13)10(2)11-4-6-12(14)7-5-11/h4-7,10,15H,3,8-9H2,1-2H3. The third kappa shape index (κ3) is 3.61. The third-order valence-electron chi connectivity index (χ3n) is 2.99. The van der Waals surface area contributed by atoms with Crippen molar-refractivity contribution in [3.05, 3.63) is 40.1 Å². The Labute approximate surface area is 121 Å².